The van der Waals surface area contributed by atoms with Gasteiger partial charge in [-0.2, -0.15) is 0 Å². The average Bonchev–Trinajstić information content (AvgIpc) is 3.60. The van der Waals surface area contributed by atoms with Crippen LogP contribution in [-0.4, -0.2) is 9.13 Å². The van der Waals surface area contributed by atoms with Crippen LogP contribution in [0.5, 0.6) is 0 Å². The molecule has 0 amide bonds. The van der Waals surface area contributed by atoms with E-state index >= 15 is 0 Å². The molecule has 0 bridgehead atoms. The first-order valence-electron chi connectivity index (χ1n) is 11.9. The summed E-state index contributed by atoms with van der Waals surface area (Å²) in [5.41, 5.74) is 7.32. The van der Waals surface area contributed by atoms with Crippen LogP contribution in [0.2, 0.25) is 0 Å². The van der Waals surface area contributed by atoms with E-state index in [4.69, 9.17) is 0 Å². The summed E-state index contributed by atoms with van der Waals surface area (Å²) in [4.78, 5) is 0. The van der Waals surface area contributed by atoms with Gasteiger partial charge in [0.2, 0.25) is 0 Å². The number of nitrogens with zero attached hydrogens (tertiary/aromatic N) is 2. The molecule has 0 unspecified atom stereocenters. The van der Waals surface area contributed by atoms with Crippen molar-refractivity contribution in [3.8, 4) is 11.4 Å². The number of rotatable bonds is 2. The zero-order chi connectivity index (χ0) is 22.9. The number of para-hydroxylation sites is 3. The third-order valence-electron chi connectivity index (χ3n) is 7.19. The topological polar surface area (TPSA) is 9.86 Å². The van der Waals surface area contributed by atoms with Crippen molar-refractivity contribution >= 4 is 65.0 Å². The Morgan fingerprint density at radius 3 is 1.49 bits per heavy atom. The van der Waals surface area contributed by atoms with E-state index < -0.39 is 0 Å². The molecule has 0 fully saturated rings. The molecular weight excluding hydrogens is 444 g/mol. The normalized spacial score (nSPS) is 12.0. The lowest BCUT2D eigenvalue weighted by atomic mass is 10.1. The Hall–Kier alpha value is -4.34. The zero-order valence-corrected chi connectivity index (χ0v) is 19.7. The quantitative estimate of drug-likeness (QED) is 0.241. The monoisotopic (exact) mass is 464 g/mol. The van der Waals surface area contributed by atoms with Gasteiger partial charge in [0.1, 0.15) is 0 Å². The molecule has 3 heteroatoms. The fraction of sp³-hybridized carbons (Fsp3) is 0. The fourth-order valence-electron chi connectivity index (χ4n) is 5.66. The Bertz CT molecular complexity index is 2000. The summed E-state index contributed by atoms with van der Waals surface area (Å²) in [6.45, 7) is 0. The molecule has 0 aliphatic carbocycles. The summed E-state index contributed by atoms with van der Waals surface area (Å²) >= 11 is 1.80. The molecule has 164 valence electrons. The Morgan fingerprint density at radius 2 is 0.914 bits per heavy atom. The summed E-state index contributed by atoms with van der Waals surface area (Å²) in [6, 6.07) is 42.0. The van der Waals surface area contributed by atoms with Crippen molar-refractivity contribution in [1.29, 1.82) is 0 Å². The molecule has 2 nitrogen and oxygen atoms in total. The van der Waals surface area contributed by atoms with Gasteiger partial charge in [-0.15, -0.1) is 11.3 Å². The van der Waals surface area contributed by atoms with E-state index in [1.54, 1.807) is 11.3 Å². The van der Waals surface area contributed by atoms with Gasteiger partial charge in [0.05, 0.1) is 22.1 Å². The van der Waals surface area contributed by atoms with Crippen molar-refractivity contribution < 1.29 is 0 Å². The molecule has 0 aliphatic heterocycles. The van der Waals surface area contributed by atoms with Gasteiger partial charge in [-0.05, 0) is 71.4 Å². The molecule has 8 aromatic rings. The van der Waals surface area contributed by atoms with E-state index in [-0.39, 0.29) is 0 Å². The second-order valence-corrected chi connectivity index (χ2v) is 10.0. The van der Waals surface area contributed by atoms with Gasteiger partial charge < -0.3 is 9.13 Å². The van der Waals surface area contributed by atoms with Crippen molar-refractivity contribution in [3.63, 3.8) is 0 Å². The first-order valence-corrected chi connectivity index (χ1v) is 12.7. The van der Waals surface area contributed by atoms with Gasteiger partial charge in [-0.3, -0.25) is 0 Å². The van der Waals surface area contributed by atoms with Crippen molar-refractivity contribution in [2.45, 2.75) is 0 Å². The summed E-state index contributed by atoms with van der Waals surface area (Å²) in [7, 11) is 0. The Kier molecular flexibility index (Phi) is 3.85. The Labute approximate surface area is 205 Å². The molecule has 0 atom stereocenters. The van der Waals surface area contributed by atoms with Crippen molar-refractivity contribution in [1.82, 2.24) is 9.13 Å². The largest absolute Gasteiger partial charge is 0.309 e. The van der Waals surface area contributed by atoms with Gasteiger partial charge in [0.15, 0.2) is 0 Å². The standard InChI is InChI=1S/C32H20N2S/c1-4-10-28-24(7-1)25-8-2-5-11-29(25)33(28)22-13-15-23(16-14-22)34-30-12-6-3-9-26(30)27-19-21-17-18-35-32(21)20-31(27)34/h1-20H. The third-order valence-corrected chi connectivity index (χ3v) is 8.07. The Balaban J connectivity index is 1.38. The first kappa shape index (κ1) is 19.0. The molecule has 35 heavy (non-hydrogen) atoms. The molecular formula is C32H20N2S. The molecule has 3 aromatic heterocycles. The van der Waals surface area contributed by atoms with Crippen LogP contribution >= 0.6 is 11.3 Å². The predicted molar refractivity (Wildman–Crippen MR) is 151 cm³/mol. The first-order chi connectivity index (χ1) is 17.4. The number of fused-ring (bicyclic) bond motifs is 7. The van der Waals surface area contributed by atoms with Crippen LogP contribution in [0.4, 0.5) is 0 Å². The molecule has 0 spiro atoms. The second kappa shape index (κ2) is 7.08. The molecule has 3 heterocycles. The van der Waals surface area contributed by atoms with E-state index in [1.807, 2.05) is 0 Å². The lowest BCUT2D eigenvalue weighted by Gasteiger charge is -2.11. The maximum atomic E-state index is 2.40. The summed E-state index contributed by atoms with van der Waals surface area (Å²) in [5.74, 6) is 0. The van der Waals surface area contributed by atoms with Crippen molar-refractivity contribution in [2.75, 3.05) is 0 Å². The number of hydrogen-bond donors (Lipinski definition) is 0. The van der Waals surface area contributed by atoms with Crippen LogP contribution < -0.4 is 0 Å². The zero-order valence-electron chi connectivity index (χ0n) is 18.8. The maximum Gasteiger partial charge on any atom is 0.0555 e. The minimum absolute atomic E-state index is 1.17. The highest BCUT2D eigenvalue weighted by molar-refractivity contribution is 7.17. The summed E-state index contributed by atoms with van der Waals surface area (Å²) in [6.07, 6.45) is 0. The van der Waals surface area contributed by atoms with Crippen LogP contribution in [0.1, 0.15) is 0 Å². The smallest absolute Gasteiger partial charge is 0.0555 e. The van der Waals surface area contributed by atoms with E-state index in [1.165, 1.54) is 65.1 Å². The minimum Gasteiger partial charge on any atom is -0.309 e. The Morgan fingerprint density at radius 1 is 0.429 bits per heavy atom. The minimum atomic E-state index is 1.17. The van der Waals surface area contributed by atoms with Crippen LogP contribution in [0.25, 0.3) is 65.1 Å². The van der Waals surface area contributed by atoms with Crippen molar-refractivity contribution in [2.24, 2.45) is 0 Å². The van der Waals surface area contributed by atoms with Gasteiger partial charge in [-0.1, -0.05) is 54.6 Å². The molecule has 8 rings (SSSR count). The lowest BCUT2D eigenvalue weighted by Crippen LogP contribution is -1.97. The summed E-state index contributed by atoms with van der Waals surface area (Å²) in [5, 5.41) is 8.66. The van der Waals surface area contributed by atoms with Crippen molar-refractivity contribution in [3.05, 3.63) is 121 Å². The average molecular weight is 465 g/mol. The highest BCUT2D eigenvalue weighted by atomic mass is 32.1. The number of aromatic nitrogens is 2. The predicted octanol–water partition coefficient (Wildman–Crippen LogP) is 9.10. The highest BCUT2D eigenvalue weighted by Gasteiger charge is 2.15. The highest BCUT2D eigenvalue weighted by Crippen LogP contribution is 2.37. The SMILES string of the molecule is c1ccc2c(c1)c1ccccc1n2-c1ccc(-n2c3ccccc3c3cc4ccsc4cc32)cc1. The van der Waals surface area contributed by atoms with Crippen LogP contribution in [0.15, 0.2) is 121 Å². The maximum absolute atomic E-state index is 2.40. The molecule has 5 aromatic carbocycles. The molecule has 0 N–H and O–H groups in total. The van der Waals surface area contributed by atoms with Crippen LogP contribution in [0.3, 0.4) is 0 Å². The van der Waals surface area contributed by atoms with E-state index in [9.17, 15) is 0 Å². The van der Waals surface area contributed by atoms with E-state index in [0.29, 0.717) is 0 Å². The molecule has 0 saturated heterocycles. The lowest BCUT2D eigenvalue weighted by molar-refractivity contribution is 1.15. The molecule has 0 radical (unpaired) electrons. The van der Waals surface area contributed by atoms with E-state index in [2.05, 4.69) is 130 Å². The third kappa shape index (κ3) is 2.64. The summed E-state index contributed by atoms with van der Waals surface area (Å²) < 4.78 is 6.10. The number of thiophene rings is 1. The van der Waals surface area contributed by atoms with Gasteiger partial charge in [-0.25, -0.2) is 0 Å². The van der Waals surface area contributed by atoms with Crippen LogP contribution in [-0.2, 0) is 0 Å². The van der Waals surface area contributed by atoms with Gasteiger partial charge >= 0.3 is 0 Å². The van der Waals surface area contributed by atoms with Gasteiger partial charge in [0.25, 0.3) is 0 Å². The van der Waals surface area contributed by atoms with E-state index in [0.717, 1.165) is 0 Å². The molecule has 0 saturated carbocycles. The second-order valence-electron chi connectivity index (χ2n) is 9.07. The van der Waals surface area contributed by atoms with Gasteiger partial charge in [0, 0.05) is 37.6 Å². The van der Waals surface area contributed by atoms with Crippen LogP contribution in [0, 0.1) is 0 Å². The number of benzene rings is 5. The molecule has 0 aliphatic rings. The fourth-order valence-corrected chi connectivity index (χ4v) is 6.46. The number of hydrogen-bond acceptors (Lipinski definition) is 1.